The van der Waals surface area contributed by atoms with Gasteiger partial charge in [-0.15, -0.1) is 6.58 Å². The lowest BCUT2D eigenvalue weighted by molar-refractivity contribution is -0.144. The molecular weight excluding hydrogens is 610 g/mol. The summed E-state index contributed by atoms with van der Waals surface area (Å²) in [6.45, 7) is 22.4. The first-order valence-corrected chi connectivity index (χ1v) is 18.2. The van der Waals surface area contributed by atoms with Gasteiger partial charge in [0.05, 0.1) is 24.3 Å². The maximum Gasteiger partial charge on any atom is 0.315 e. The van der Waals surface area contributed by atoms with E-state index in [2.05, 4.69) is 27.8 Å². The average molecular weight is 676 g/mol. The van der Waals surface area contributed by atoms with E-state index in [0.29, 0.717) is 32.4 Å². The molecule has 0 bridgehead atoms. The smallest absolute Gasteiger partial charge is 0.315 e. The van der Waals surface area contributed by atoms with E-state index in [1.165, 1.54) is 6.08 Å². The number of carbonyl (C=O) groups excluding carboxylic acids is 5. The van der Waals surface area contributed by atoms with Crippen molar-refractivity contribution in [2.75, 3.05) is 19.7 Å². The minimum Gasteiger partial charge on any atom is -0.374 e. The molecule has 0 aromatic rings. The summed E-state index contributed by atoms with van der Waals surface area (Å²) >= 11 is 0. The van der Waals surface area contributed by atoms with Gasteiger partial charge < -0.3 is 30.9 Å². The van der Waals surface area contributed by atoms with Crippen LogP contribution in [0.15, 0.2) is 12.7 Å². The number of hydrogen-bond donors (Lipinski definition) is 4. The van der Waals surface area contributed by atoms with Crippen molar-refractivity contribution in [1.82, 2.24) is 26.2 Å². The molecule has 2 rings (SSSR count). The molecule has 5 atom stereocenters. The van der Waals surface area contributed by atoms with Crippen LogP contribution in [0.25, 0.3) is 0 Å². The zero-order valence-electron chi connectivity index (χ0n) is 31.2. The highest BCUT2D eigenvalue weighted by molar-refractivity contribution is 6.38. The van der Waals surface area contributed by atoms with Gasteiger partial charge in [-0.25, -0.2) is 4.79 Å². The number of nitrogens with one attached hydrogen (secondary N) is 4. The van der Waals surface area contributed by atoms with Crippen molar-refractivity contribution in [1.29, 1.82) is 0 Å². The highest BCUT2D eigenvalue weighted by Gasteiger charge is 2.47. The first-order chi connectivity index (χ1) is 22.4. The second-order valence-electron chi connectivity index (χ2n) is 16.1. The van der Waals surface area contributed by atoms with Crippen molar-refractivity contribution in [2.24, 2.45) is 23.2 Å². The highest BCUT2D eigenvalue weighted by atomic mass is 16.5. The maximum atomic E-state index is 14.6. The third-order valence-electron chi connectivity index (χ3n) is 9.67. The number of ether oxygens (including phenoxy) is 1. The predicted molar refractivity (Wildman–Crippen MR) is 189 cm³/mol. The Labute approximate surface area is 289 Å². The van der Waals surface area contributed by atoms with E-state index in [1.807, 2.05) is 62.3 Å². The Morgan fingerprint density at radius 2 is 1.58 bits per heavy atom. The molecule has 0 aromatic heterocycles. The topological polar surface area (TPSA) is 146 Å². The molecule has 1 aliphatic heterocycles. The Balaban J connectivity index is 2.37. The van der Waals surface area contributed by atoms with Gasteiger partial charge in [-0.3, -0.25) is 19.2 Å². The van der Waals surface area contributed by atoms with Gasteiger partial charge in [-0.1, -0.05) is 79.7 Å². The number of likely N-dealkylation sites (tertiary alicyclic amines) is 1. The van der Waals surface area contributed by atoms with Gasteiger partial charge in [0.25, 0.3) is 5.91 Å². The number of hydrogen-bond acceptors (Lipinski definition) is 6. The summed E-state index contributed by atoms with van der Waals surface area (Å²) in [5.74, 6) is -2.33. The van der Waals surface area contributed by atoms with Crippen LogP contribution in [0.3, 0.4) is 0 Å². The first kappa shape index (κ1) is 41.2. The van der Waals surface area contributed by atoms with E-state index in [1.54, 1.807) is 4.90 Å². The van der Waals surface area contributed by atoms with E-state index in [9.17, 15) is 24.0 Å². The molecule has 0 spiro atoms. The van der Waals surface area contributed by atoms with Crippen LogP contribution >= 0.6 is 0 Å². The van der Waals surface area contributed by atoms with Gasteiger partial charge in [0.15, 0.2) is 0 Å². The highest BCUT2D eigenvalue weighted by Crippen LogP contribution is 2.34. The van der Waals surface area contributed by atoms with Crippen molar-refractivity contribution < 1.29 is 28.7 Å². The van der Waals surface area contributed by atoms with E-state index >= 15 is 0 Å². The van der Waals surface area contributed by atoms with Crippen molar-refractivity contribution in [3.05, 3.63) is 12.7 Å². The Morgan fingerprint density at radius 3 is 2.12 bits per heavy atom. The number of carbonyl (C=O) groups is 5. The molecule has 11 heteroatoms. The zero-order valence-corrected chi connectivity index (χ0v) is 31.2. The van der Waals surface area contributed by atoms with E-state index < -0.39 is 41.8 Å². The van der Waals surface area contributed by atoms with Crippen LogP contribution in [0.2, 0.25) is 0 Å². The van der Waals surface area contributed by atoms with E-state index in [0.717, 1.165) is 38.5 Å². The molecule has 0 radical (unpaired) electrons. The number of Topliss-reactive ketones (excluding diaryl/α,β-unsaturated/α-hetero) is 1. The fraction of sp³-hybridized carbons (Fsp3) is 0.811. The third kappa shape index (κ3) is 12.5. The lowest BCUT2D eigenvalue weighted by Gasteiger charge is -2.37. The lowest BCUT2D eigenvalue weighted by atomic mass is 9.82. The molecule has 1 saturated heterocycles. The second kappa shape index (κ2) is 18.7. The summed E-state index contributed by atoms with van der Waals surface area (Å²) in [5.41, 5.74) is -0.681. The van der Waals surface area contributed by atoms with Gasteiger partial charge in [0.2, 0.25) is 17.6 Å². The molecule has 1 heterocycles. The summed E-state index contributed by atoms with van der Waals surface area (Å²) < 4.78 is 6.03. The normalized spacial score (nSPS) is 20.8. The molecule has 2 unspecified atom stereocenters. The number of rotatable bonds is 16. The van der Waals surface area contributed by atoms with Crippen molar-refractivity contribution >= 4 is 29.5 Å². The number of ketones is 1. The molecule has 274 valence electrons. The third-order valence-corrected chi connectivity index (χ3v) is 9.67. The standard InChI is InChI=1S/C37H65N5O6/c1-11-13-19-27(31(43)33(45)38-21-12-2)39-32(44)30-26(24(3)4)20-22-42(30)34(46)29(25-17-15-14-16-18-25)41-35(47)40-28(36(5,6)7)23-48-37(8,9)10/h12,24-30H,2,11,13-23H2,1,3-10H3,(H,38,45)(H,39,44)(H2,40,41,47)/t26?,27?,28-,29+,30+/m1/s1. The van der Waals surface area contributed by atoms with Crippen LogP contribution in [-0.2, 0) is 23.9 Å². The number of urea groups is 1. The van der Waals surface area contributed by atoms with E-state index in [-0.39, 0.29) is 47.3 Å². The SMILES string of the molecule is C=CCNC(=O)C(=O)C(CCCC)NC(=O)[C@@H]1C(C(C)C)CCN1C(=O)[C@@H](NC(=O)N[C@H](COC(C)(C)C)C(C)(C)C)C1CCCCC1. The van der Waals surface area contributed by atoms with Crippen molar-refractivity contribution in [2.45, 2.75) is 150 Å². The van der Waals surface area contributed by atoms with Crippen molar-refractivity contribution in [3.63, 3.8) is 0 Å². The van der Waals surface area contributed by atoms with Gasteiger partial charge in [-0.05, 0) is 69.6 Å². The largest absolute Gasteiger partial charge is 0.374 e. The predicted octanol–water partition coefficient (Wildman–Crippen LogP) is 4.88. The lowest BCUT2D eigenvalue weighted by Crippen LogP contribution is -2.61. The molecule has 5 amide bonds. The Bertz CT molecular complexity index is 1100. The second-order valence-corrected chi connectivity index (χ2v) is 16.1. The zero-order chi connectivity index (χ0) is 36.2. The fourth-order valence-corrected chi connectivity index (χ4v) is 6.65. The van der Waals surface area contributed by atoms with Crippen LogP contribution in [0.1, 0.15) is 120 Å². The quantitative estimate of drug-likeness (QED) is 0.136. The van der Waals surface area contributed by atoms with Gasteiger partial charge >= 0.3 is 6.03 Å². The maximum absolute atomic E-state index is 14.6. The van der Waals surface area contributed by atoms with Gasteiger partial charge in [0.1, 0.15) is 12.1 Å². The Hall–Kier alpha value is -2.95. The Kier molecular flexibility index (Phi) is 16.1. The fourth-order valence-electron chi connectivity index (χ4n) is 6.65. The molecule has 4 N–H and O–H groups in total. The molecule has 11 nitrogen and oxygen atoms in total. The molecule has 48 heavy (non-hydrogen) atoms. The molecular formula is C37H65N5O6. The summed E-state index contributed by atoms with van der Waals surface area (Å²) in [6.07, 6.45) is 8.47. The average Bonchev–Trinajstić information content (AvgIpc) is 3.47. The number of nitrogens with zero attached hydrogens (tertiary/aromatic N) is 1. The van der Waals surface area contributed by atoms with Crippen LogP contribution in [0, 0.1) is 23.2 Å². The summed E-state index contributed by atoms with van der Waals surface area (Å²) in [5, 5.41) is 11.5. The molecule has 0 aromatic carbocycles. The Morgan fingerprint density at radius 1 is 0.938 bits per heavy atom. The minimum atomic E-state index is -1.00. The first-order valence-electron chi connectivity index (χ1n) is 18.2. The van der Waals surface area contributed by atoms with Crippen LogP contribution in [0.4, 0.5) is 4.79 Å². The number of unbranched alkanes of at least 4 members (excludes halogenated alkanes) is 1. The monoisotopic (exact) mass is 675 g/mol. The summed E-state index contributed by atoms with van der Waals surface area (Å²) in [7, 11) is 0. The number of amides is 5. The van der Waals surface area contributed by atoms with Crippen LogP contribution < -0.4 is 21.3 Å². The summed E-state index contributed by atoms with van der Waals surface area (Å²) in [6, 6.07) is -3.39. The van der Waals surface area contributed by atoms with Gasteiger partial charge in [-0.2, -0.15) is 0 Å². The molecule has 1 saturated carbocycles. The van der Waals surface area contributed by atoms with Crippen molar-refractivity contribution in [3.8, 4) is 0 Å². The van der Waals surface area contributed by atoms with E-state index in [4.69, 9.17) is 4.74 Å². The minimum absolute atomic E-state index is 0.0647. The van der Waals surface area contributed by atoms with Crippen LogP contribution in [0.5, 0.6) is 0 Å². The molecule has 2 fully saturated rings. The summed E-state index contributed by atoms with van der Waals surface area (Å²) in [4.78, 5) is 69.6. The van der Waals surface area contributed by atoms with Crippen LogP contribution in [-0.4, -0.2) is 83.9 Å². The molecule has 1 aliphatic carbocycles. The molecule has 2 aliphatic rings. The van der Waals surface area contributed by atoms with Gasteiger partial charge in [0, 0.05) is 13.1 Å².